The van der Waals surface area contributed by atoms with Gasteiger partial charge in [0.15, 0.2) is 11.5 Å². The summed E-state index contributed by atoms with van der Waals surface area (Å²) in [5, 5.41) is 2.98. The lowest BCUT2D eigenvalue weighted by Gasteiger charge is -2.13. The molecule has 0 fully saturated rings. The van der Waals surface area contributed by atoms with E-state index in [1.807, 2.05) is 49.4 Å². The zero-order valence-electron chi connectivity index (χ0n) is 19.1. The van der Waals surface area contributed by atoms with E-state index in [0.717, 1.165) is 59.7 Å². The van der Waals surface area contributed by atoms with Crippen LogP contribution in [0, 0.1) is 0 Å². The molecule has 1 aromatic heterocycles. The predicted octanol–water partition coefficient (Wildman–Crippen LogP) is 4.70. The number of fused-ring (bicyclic) bond motifs is 1. The largest absolute Gasteiger partial charge is 0.493 e. The van der Waals surface area contributed by atoms with Gasteiger partial charge in [0.05, 0.1) is 24.8 Å². The Kier molecular flexibility index (Phi) is 8.72. The lowest BCUT2D eigenvalue weighted by Crippen LogP contribution is -2.26. The molecule has 0 saturated carbocycles. The van der Waals surface area contributed by atoms with Crippen LogP contribution in [0.15, 0.2) is 55.1 Å². The Morgan fingerprint density at radius 2 is 2.06 bits per heavy atom. The molecule has 0 spiro atoms. The van der Waals surface area contributed by atoms with Crippen molar-refractivity contribution in [2.45, 2.75) is 45.6 Å². The Balaban J connectivity index is 1.62. The minimum Gasteiger partial charge on any atom is -0.493 e. The zero-order valence-corrected chi connectivity index (χ0v) is 19.1. The van der Waals surface area contributed by atoms with Crippen molar-refractivity contribution in [1.82, 2.24) is 14.9 Å². The summed E-state index contributed by atoms with van der Waals surface area (Å²) >= 11 is 0. The van der Waals surface area contributed by atoms with Crippen molar-refractivity contribution in [2.24, 2.45) is 0 Å². The molecule has 3 aromatic rings. The van der Waals surface area contributed by atoms with Crippen LogP contribution in [0.2, 0.25) is 0 Å². The second-order valence-electron chi connectivity index (χ2n) is 7.70. The van der Waals surface area contributed by atoms with Crippen molar-refractivity contribution in [2.75, 3.05) is 20.3 Å². The first-order valence-electron chi connectivity index (χ1n) is 11.3. The van der Waals surface area contributed by atoms with Gasteiger partial charge in [0.2, 0.25) is 5.91 Å². The molecule has 1 heterocycles. The lowest BCUT2D eigenvalue weighted by molar-refractivity contribution is -0.121. The van der Waals surface area contributed by atoms with Crippen LogP contribution in [0.25, 0.3) is 11.0 Å². The number of amides is 1. The normalized spacial score (nSPS) is 10.8. The van der Waals surface area contributed by atoms with Crippen molar-refractivity contribution in [1.29, 1.82) is 0 Å². The minimum absolute atomic E-state index is 0.0941. The number of rotatable bonds is 13. The maximum absolute atomic E-state index is 11.8. The third kappa shape index (κ3) is 6.13. The first kappa shape index (κ1) is 23.4. The Labute approximate surface area is 190 Å². The van der Waals surface area contributed by atoms with E-state index in [-0.39, 0.29) is 5.91 Å². The number of nitrogens with one attached hydrogen (secondary N) is 1. The van der Waals surface area contributed by atoms with Gasteiger partial charge in [-0.15, -0.1) is 6.58 Å². The molecule has 6 heteroatoms. The Hall–Kier alpha value is -3.28. The van der Waals surface area contributed by atoms with Gasteiger partial charge in [-0.1, -0.05) is 31.2 Å². The average Bonchev–Trinajstić information content (AvgIpc) is 3.15. The molecule has 1 N–H and O–H groups in total. The summed E-state index contributed by atoms with van der Waals surface area (Å²) in [6, 6.07) is 14.1. The fraction of sp³-hybridized carbons (Fsp3) is 0.385. The highest BCUT2D eigenvalue weighted by Crippen LogP contribution is 2.28. The summed E-state index contributed by atoms with van der Waals surface area (Å²) in [6.07, 6.45) is 5.61. The number of allylic oxidation sites excluding steroid dienone is 1. The van der Waals surface area contributed by atoms with Crippen molar-refractivity contribution in [3.63, 3.8) is 0 Å². The summed E-state index contributed by atoms with van der Waals surface area (Å²) in [5.74, 6) is 2.56. The van der Waals surface area contributed by atoms with Crippen LogP contribution in [0.5, 0.6) is 11.5 Å². The highest BCUT2D eigenvalue weighted by atomic mass is 16.5. The van der Waals surface area contributed by atoms with E-state index in [1.54, 1.807) is 7.11 Å². The molecule has 0 radical (unpaired) electrons. The summed E-state index contributed by atoms with van der Waals surface area (Å²) < 4.78 is 13.7. The van der Waals surface area contributed by atoms with E-state index in [9.17, 15) is 4.79 Å². The molecule has 0 aliphatic rings. The van der Waals surface area contributed by atoms with Crippen LogP contribution in [0.3, 0.4) is 0 Å². The number of methoxy groups -OCH3 is 1. The van der Waals surface area contributed by atoms with E-state index in [0.29, 0.717) is 26.0 Å². The van der Waals surface area contributed by atoms with Crippen molar-refractivity contribution in [3.05, 3.63) is 66.5 Å². The zero-order chi connectivity index (χ0) is 22.8. The van der Waals surface area contributed by atoms with Crippen molar-refractivity contribution >= 4 is 16.9 Å². The lowest BCUT2D eigenvalue weighted by atomic mass is 10.1. The summed E-state index contributed by atoms with van der Waals surface area (Å²) in [6.45, 7) is 7.73. The SMILES string of the molecule is C=CCc1ccc(OCCCn2c(CCNC(=O)CCC)nc3ccccc32)c(OC)c1. The summed E-state index contributed by atoms with van der Waals surface area (Å²) in [4.78, 5) is 16.6. The third-order valence-corrected chi connectivity index (χ3v) is 5.27. The number of carbonyl (C=O) groups is 1. The van der Waals surface area contributed by atoms with Crippen LogP contribution in [0.4, 0.5) is 0 Å². The molecule has 6 nitrogen and oxygen atoms in total. The maximum Gasteiger partial charge on any atom is 0.219 e. The van der Waals surface area contributed by atoms with Crippen LogP contribution in [-0.4, -0.2) is 35.7 Å². The van der Waals surface area contributed by atoms with E-state index >= 15 is 0 Å². The molecule has 0 saturated heterocycles. The molecular formula is C26H33N3O3. The molecule has 2 aromatic carbocycles. The highest BCUT2D eigenvalue weighted by Gasteiger charge is 2.11. The van der Waals surface area contributed by atoms with Crippen molar-refractivity contribution < 1.29 is 14.3 Å². The van der Waals surface area contributed by atoms with Gasteiger partial charge in [-0.3, -0.25) is 4.79 Å². The Bertz CT molecular complexity index is 1040. The van der Waals surface area contributed by atoms with Gasteiger partial charge >= 0.3 is 0 Å². The molecule has 3 rings (SSSR count). The number of hydrogen-bond acceptors (Lipinski definition) is 4. The summed E-state index contributed by atoms with van der Waals surface area (Å²) in [5.41, 5.74) is 3.22. The third-order valence-electron chi connectivity index (χ3n) is 5.27. The molecule has 0 unspecified atom stereocenters. The Morgan fingerprint density at radius 1 is 1.22 bits per heavy atom. The van der Waals surface area contributed by atoms with E-state index < -0.39 is 0 Å². The highest BCUT2D eigenvalue weighted by molar-refractivity contribution is 5.76. The van der Waals surface area contributed by atoms with Gasteiger partial charge in [0, 0.05) is 25.9 Å². The number of ether oxygens (including phenoxy) is 2. The topological polar surface area (TPSA) is 65.4 Å². The monoisotopic (exact) mass is 435 g/mol. The summed E-state index contributed by atoms with van der Waals surface area (Å²) in [7, 11) is 1.66. The molecule has 1 amide bonds. The molecule has 0 atom stereocenters. The van der Waals surface area contributed by atoms with E-state index in [1.165, 1.54) is 0 Å². The van der Waals surface area contributed by atoms with Crippen LogP contribution in [0.1, 0.15) is 37.6 Å². The molecular weight excluding hydrogens is 402 g/mol. The molecule has 170 valence electrons. The quantitative estimate of drug-likeness (QED) is 0.312. The van der Waals surface area contributed by atoms with Gasteiger partial charge in [0.25, 0.3) is 0 Å². The molecule has 0 aliphatic carbocycles. The number of hydrogen-bond donors (Lipinski definition) is 1. The number of para-hydroxylation sites is 2. The maximum atomic E-state index is 11.8. The number of aryl methyl sites for hydroxylation is 1. The molecule has 0 aliphatic heterocycles. The predicted molar refractivity (Wildman–Crippen MR) is 128 cm³/mol. The smallest absolute Gasteiger partial charge is 0.219 e. The van der Waals surface area contributed by atoms with E-state index in [2.05, 4.69) is 22.5 Å². The second-order valence-corrected chi connectivity index (χ2v) is 7.70. The molecule has 0 bridgehead atoms. The van der Waals surface area contributed by atoms with E-state index in [4.69, 9.17) is 14.5 Å². The minimum atomic E-state index is 0.0941. The van der Waals surface area contributed by atoms with Gasteiger partial charge in [0.1, 0.15) is 5.82 Å². The first-order chi connectivity index (χ1) is 15.7. The number of nitrogens with zero attached hydrogens (tertiary/aromatic N) is 2. The molecule has 32 heavy (non-hydrogen) atoms. The fourth-order valence-corrected chi connectivity index (χ4v) is 3.72. The Morgan fingerprint density at radius 3 is 2.84 bits per heavy atom. The van der Waals surface area contributed by atoms with Crippen molar-refractivity contribution in [3.8, 4) is 11.5 Å². The van der Waals surface area contributed by atoms with Crippen LogP contribution in [-0.2, 0) is 24.2 Å². The number of imidazole rings is 1. The second kappa shape index (κ2) is 11.9. The average molecular weight is 436 g/mol. The van der Waals surface area contributed by atoms with Gasteiger partial charge in [-0.2, -0.15) is 0 Å². The number of benzene rings is 2. The van der Waals surface area contributed by atoms with Gasteiger partial charge < -0.3 is 19.4 Å². The van der Waals surface area contributed by atoms with Gasteiger partial charge in [-0.25, -0.2) is 4.98 Å². The van der Waals surface area contributed by atoms with Crippen LogP contribution >= 0.6 is 0 Å². The standard InChI is InChI=1S/C26H33N3O3/c1-4-9-20-13-14-23(24(19-20)31-3)32-18-8-17-29-22-12-7-6-11-21(22)28-25(29)15-16-27-26(30)10-5-2/h4,6-7,11-14,19H,1,5,8-10,15-18H2,2-3H3,(H,27,30). The first-order valence-corrected chi connectivity index (χ1v) is 11.3. The van der Waals surface area contributed by atoms with Gasteiger partial charge in [-0.05, 0) is 49.1 Å². The fourth-order valence-electron chi connectivity index (χ4n) is 3.72. The number of carbonyl (C=O) groups excluding carboxylic acids is 1. The van der Waals surface area contributed by atoms with Crippen LogP contribution < -0.4 is 14.8 Å². The number of aromatic nitrogens is 2.